The van der Waals surface area contributed by atoms with Crippen LogP contribution in [-0.4, -0.2) is 10.9 Å². The molecule has 0 spiro atoms. The Bertz CT molecular complexity index is 663. The Hall–Kier alpha value is -2.19. The highest BCUT2D eigenvalue weighted by Crippen LogP contribution is 2.35. The van der Waals surface area contributed by atoms with Crippen LogP contribution in [0.4, 0.5) is 5.00 Å². The van der Waals surface area contributed by atoms with Crippen LogP contribution in [0, 0.1) is 11.3 Å². The van der Waals surface area contributed by atoms with Gasteiger partial charge in [0.2, 0.25) is 0 Å². The second-order valence-electron chi connectivity index (χ2n) is 5.41. The van der Waals surface area contributed by atoms with Crippen molar-refractivity contribution in [2.45, 2.75) is 26.2 Å². The summed E-state index contributed by atoms with van der Waals surface area (Å²) >= 11 is 1.38. The van der Waals surface area contributed by atoms with Crippen molar-refractivity contribution < 1.29 is 4.79 Å². The van der Waals surface area contributed by atoms with Crippen LogP contribution >= 0.6 is 11.3 Å². The molecule has 0 fully saturated rings. The fourth-order valence-corrected chi connectivity index (χ4v) is 2.92. The van der Waals surface area contributed by atoms with Crippen LogP contribution in [0.3, 0.4) is 0 Å². The lowest BCUT2D eigenvalue weighted by Crippen LogP contribution is -2.14. The molecule has 2 rings (SSSR count). The molecule has 1 amide bonds. The lowest BCUT2D eigenvalue weighted by molar-refractivity contribution is 0.102. The van der Waals surface area contributed by atoms with E-state index in [9.17, 15) is 10.1 Å². The fourth-order valence-electron chi connectivity index (χ4n) is 1.79. The molecule has 2 aromatic rings. The number of nitrogens with zero attached hydrogens (tertiary/aromatic N) is 2. The Balaban J connectivity index is 2.30. The molecule has 0 aliphatic heterocycles. The van der Waals surface area contributed by atoms with E-state index in [0.29, 0.717) is 16.1 Å². The molecule has 0 aliphatic carbocycles. The fraction of sp³-hybridized carbons (Fsp3) is 0.267. The predicted octanol–water partition coefficient (Wildman–Crippen LogP) is 3.56. The van der Waals surface area contributed by atoms with Gasteiger partial charge in [-0.1, -0.05) is 20.8 Å². The van der Waals surface area contributed by atoms with Gasteiger partial charge in [-0.2, -0.15) is 5.26 Å². The van der Waals surface area contributed by atoms with Gasteiger partial charge in [0.25, 0.3) is 5.91 Å². The summed E-state index contributed by atoms with van der Waals surface area (Å²) in [5, 5.41) is 14.7. The normalized spacial score (nSPS) is 10.9. The van der Waals surface area contributed by atoms with Crippen LogP contribution in [0.5, 0.6) is 0 Å². The second-order valence-corrected chi connectivity index (χ2v) is 6.28. The smallest absolute Gasteiger partial charge is 0.256 e. The van der Waals surface area contributed by atoms with Gasteiger partial charge in [0, 0.05) is 18.0 Å². The number of nitriles is 1. The molecule has 0 bridgehead atoms. The van der Waals surface area contributed by atoms with Crippen molar-refractivity contribution in [1.29, 1.82) is 5.26 Å². The summed E-state index contributed by atoms with van der Waals surface area (Å²) < 4.78 is 0. The molecule has 0 aliphatic rings. The van der Waals surface area contributed by atoms with Crippen molar-refractivity contribution in [2.24, 2.45) is 0 Å². The Labute approximate surface area is 122 Å². The van der Waals surface area contributed by atoms with Gasteiger partial charge in [-0.15, -0.1) is 11.3 Å². The number of nitrogens with one attached hydrogen (secondary N) is 1. The maximum atomic E-state index is 12.1. The van der Waals surface area contributed by atoms with Gasteiger partial charge in [-0.3, -0.25) is 9.78 Å². The van der Waals surface area contributed by atoms with Crippen LogP contribution in [-0.2, 0) is 5.41 Å². The molecule has 102 valence electrons. The van der Waals surface area contributed by atoms with Crippen molar-refractivity contribution in [3.05, 3.63) is 46.6 Å². The predicted molar refractivity (Wildman–Crippen MR) is 79.9 cm³/mol. The van der Waals surface area contributed by atoms with E-state index in [4.69, 9.17) is 0 Å². The van der Waals surface area contributed by atoms with E-state index >= 15 is 0 Å². The minimum Gasteiger partial charge on any atom is -0.312 e. The monoisotopic (exact) mass is 285 g/mol. The Morgan fingerprint density at radius 2 is 2.00 bits per heavy atom. The zero-order valence-corrected chi connectivity index (χ0v) is 12.4. The Morgan fingerprint density at radius 3 is 2.55 bits per heavy atom. The zero-order valence-electron chi connectivity index (χ0n) is 11.6. The molecule has 0 radical (unpaired) electrons. The first-order valence-electron chi connectivity index (χ1n) is 6.17. The molecule has 2 aromatic heterocycles. The van der Waals surface area contributed by atoms with E-state index in [0.717, 1.165) is 5.56 Å². The van der Waals surface area contributed by atoms with E-state index in [2.05, 4.69) is 16.4 Å². The first kappa shape index (κ1) is 14.2. The number of hydrogen-bond acceptors (Lipinski definition) is 4. The van der Waals surface area contributed by atoms with Gasteiger partial charge in [-0.25, -0.2) is 0 Å². The number of aromatic nitrogens is 1. The third kappa shape index (κ3) is 2.86. The van der Waals surface area contributed by atoms with E-state index in [1.807, 2.05) is 26.2 Å². The molecule has 5 heteroatoms. The van der Waals surface area contributed by atoms with Gasteiger partial charge in [-0.05, 0) is 28.5 Å². The maximum Gasteiger partial charge on any atom is 0.256 e. The third-order valence-electron chi connectivity index (χ3n) is 2.88. The third-order valence-corrected chi connectivity index (χ3v) is 3.78. The maximum absolute atomic E-state index is 12.1. The number of carbonyl (C=O) groups is 1. The molecule has 0 atom stereocenters. The Morgan fingerprint density at radius 1 is 1.35 bits per heavy atom. The molecule has 1 N–H and O–H groups in total. The van der Waals surface area contributed by atoms with E-state index in [-0.39, 0.29) is 11.3 Å². The van der Waals surface area contributed by atoms with Crippen LogP contribution in [0.2, 0.25) is 0 Å². The Kier molecular flexibility index (Phi) is 3.86. The van der Waals surface area contributed by atoms with Gasteiger partial charge in [0.15, 0.2) is 0 Å². The highest BCUT2D eigenvalue weighted by Gasteiger charge is 2.23. The van der Waals surface area contributed by atoms with Crippen LogP contribution < -0.4 is 5.32 Å². The van der Waals surface area contributed by atoms with Crippen LogP contribution in [0.15, 0.2) is 29.9 Å². The SMILES string of the molecule is CC(C)(C)c1csc(NC(=O)c2ccncc2)c1C#N. The van der Waals surface area contributed by atoms with Crippen molar-refractivity contribution in [3.8, 4) is 6.07 Å². The lowest BCUT2D eigenvalue weighted by atomic mass is 9.86. The van der Waals surface area contributed by atoms with Crippen LogP contribution in [0.1, 0.15) is 42.3 Å². The average molecular weight is 285 g/mol. The number of anilines is 1. The lowest BCUT2D eigenvalue weighted by Gasteiger charge is -2.17. The standard InChI is InChI=1S/C15H15N3OS/c1-15(2,3)12-9-20-14(11(12)8-16)18-13(19)10-4-6-17-7-5-10/h4-7,9H,1-3H3,(H,18,19). The highest BCUT2D eigenvalue weighted by atomic mass is 32.1. The molecular formula is C15H15N3OS. The molecule has 2 heterocycles. The second kappa shape index (κ2) is 5.43. The average Bonchev–Trinajstić information content (AvgIpc) is 2.82. The summed E-state index contributed by atoms with van der Waals surface area (Å²) in [4.78, 5) is 16.0. The molecule has 4 nitrogen and oxygen atoms in total. The van der Waals surface area contributed by atoms with Gasteiger partial charge >= 0.3 is 0 Å². The molecule has 0 aromatic carbocycles. The summed E-state index contributed by atoms with van der Waals surface area (Å²) in [5.74, 6) is -0.230. The summed E-state index contributed by atoms with van der Waals surface area (Å²) in [7, 11) is 0. The van der Waals surface area contributed by atoms with Gasteiger partial charge in [0.1, 0.15) is 11.1 Å². The number of thiophene rings is 1. The number of rotatable bonds is 2. The van der Waals surface area contributed by atoms with Crippen molar-refractivity contribution >= 4 is 22.2 Å². The minimum atomic E-state index is -0.230. The largest absolute Gasteiger partial charge is 0.312 e. The van der Waals surface area contributed by atoms with Gasteiger partial charge in [0.05, 0.1) is 5.56 Å². The first-order chi connectivity index (χ1) is 9.43. The number of hydrogen-bond donors (Lipinski definition) is 1. The summed E-state index contributed by atoms with van der Waals surface area (Å²) in [6, 6.07) is 5.47. The minimum absolute atomic E-state index is 0.124. The molecule has 0 saturated heterocycles. The van der Waals surface area contributed by atoms with Gasteiger partial charge < -0.3 is 5.32 Å². The van der Waals surface area contributed by atoms with E-state index in [1.54, 1.807) is 24.5 Å². The highest BCUT2D eigenvalue weighted by molar-refractivity contribution is 7.14. The number of carbonyl (C=O) groups excluding carboxylic acids is 1. The topological polar surface area (TPSA) is 65.8 Å². The summed E-state index contributed by atoms with van der Waals surface area (Å²) in [6.07, 6.45) is 3.13. The molecule has 20 heavy (non-hydrogen) atoms. The quantitative estimate of drug-likeness (QED) is 0.917. The summed E-state index contributed by atoms with van der Waals surface area (Å²) in [6.45, 7) is 6.14. The summed E-state index contributed by atoms with van der Waals surface area (Å²) in [5.41, 5.74) is 1.90. The first-order valence-corrected chi connectivity index (χ1v) is 7.05. The number of pyridine rings is 1. The van der Waals surface area contributed by atoms with Crippen molar-refractivity contribution in [3.63, 3.8) is 0 Å². The molecular weight excluding hydrogens is 270 g/mol. The van der Waals surface area contributed by atoms with E-state index in [1.165, 1.54) is 11.3 Å². The zero-order chi connectivity index (χ0) is 14.8. The van der Waals surface area contributed by atoms with Crippen LogP contribution in [0.25, 0.3) is 0 Å². The molecule has 0 unspecified atom stereocenters. The van der Waals surface area contributed by atoms with E-state index < -0.39 is 0 Å². The van der Waals surface area contributed by atoms with Crippen molar-refractivity contribution in [1.82, 2.24) is 4.98 Å². The number of amides is 1. The van der Waals surface area contributed by atoms with Crippen molar-refractivity contribution in [2.75, 3.05) is 5.32 Å². The molecule has 0 saturated carbocycles.